The summed E-state index contributed by atoms with van der Waals surface area (Å²) in [5.41, 5.74) is 5.06. The van der Waals surface area contributed by atoms with Crippen LogP contribution < -0.4 is 4.74 Å². The lowest BCUT2D eigenvalue weighted by Gasteiger charge is -2.24. The van der Waals surface area contributed by atoms with Gasteiger partial charge in [-0.2, -0.15) is 0 Å². The summed E-state index contributed by atoms with van der Waals surface area (Å²) in [6.07, 6.45) is 2.18. The minimum absolute atomic E-state index is 0.102. The number of rotatable bonds is 6. The normalized spacial score (nSPS) is 22.0. The zero-order valence-corrected chi connectivity index (χ0v) is 18.6. The van der Waals surface area contributed by atoms with Crippen LogP contribution in [0.25, 0.3) is 11.1 Å². The summed E-state index contributed by atoms with van der Waals surface area (Å²) >= 11 is 6.58. The SMILES string of the molecule is C=C1CC2COC(=O)C2(Cc2ccc(OCc3ccccc3-c3ccccc3)c(Cl)c2)C1. The molecule has 0 aromatic heterocycles. The van der Waals surface area contributed by atoms with E-state index in [9.17, 15) is 4.79 Å². The van der Waals surface area contributed by atoms with Crippen LogP contribution in [0.4, 0.5) is 0 Å². The maximum Gasteiger partial charge on any atom is 0.313 e. The molecule has 2 unspecified atom stereocenters. The zero-order valence-electron chi connectivity index (χ0n) is 17.9. The van der Waals surface area contributed by atoms with E-state index >= 15 is 0 Å². The predicted octanol–water partition coefficient (Wildman–Crippen LogP) is 6.64. The summed E-state index contributed by atoms with van der Waals surface area (Å²) in [5.74, 6) is 0.749. The van der Waals surface area contributed by atoms with Crippen molar-refractivity contribution in [1.82, 2.24) is 0 Å². The maximum absolute atomic E-state index is 12.6. The van der Waals surface area contributed by atoms with Gasteiger partial charge in [-0.3, -0.25) is 4.79 Å². The highest BCUT2D eigenvalue weighted by Crippen LogP contribution is 2.52. The number of fused-ring (bicyclic) bond motifs is 1. The van der Waals surface area contributed by atoms with Gasteiger partial charge in [0.15, 0.2) is 0 Å². The monoisotopic (exact) mass is 444 g/mol. The molecule has 1 saturated carbocycles. The van der Waals surface area contributed by atoms with Crippen molar-refractivity contribution in [3.05, 3.63) is 101 Å². The van der Waals surface area contributed by atoms with Gasteiger partial charge < -0.3 is 9.47 Å². The van der Waals surface area contributed by atoms with Gasteiger partial charge in [0.25, 0.3) is 0 Å². The Hall–Kier alpha value is -3.04. The molecule has 1 heterocycles. The highest BCUT2D eigenvalue weighted by atomic mass is 35.5. The second kappa shape index (κ2) is 8.48. The fraction of sp³-hybridized carbons (Fsp3) is 0.250. The number of ether oxygens (including phenoxy) is 2. The van der Waals surface area contributed by atoms with Crippen molar-refractivity contribution in [3.63, 3.8) is 0 Å². The Bertz CT molecular complexity index is 1170. The molecule has 5 rings (SSSR count). The third-order valence-corrected chi connectivity index (χ3v) is 7.00. The van der Waals surface area contributed by atoms with Crippen molar-refractivity contribution in [3.8, 4) is 16.9 Å². The number of esters is 1. The molecule has 2 atom stereocenters. The van der Waals surface area contributed by atoms with E-state index in [1.165, 1.54) is 0 Å². The van der Waals surface area contributed by atoms with Crippen LogP contribution in [0.15, 0.2) is 84.9 Å². The summed E-state index contributed by atoms with van der Waals surface area (Å²) < 4.78 is 11.5. The maximum atomic E-state index is 12.6. The lowest BCUT2D eigenvalue weighted by atomic mass is 9.75. The second-order valence-corrected chi connectivity index (χ2v) is 9.24. The molecule has 4 heteroatoms. The van der Waals surface area contributed by atoms with Gasteiger partial charge in [0.1, 0.15) is 12.4 Å². The summed E-state index contributed by atoms with van der Waals surface area (Å²) in [5, 5.41) is 0.552. The molecule has 32 heavy (non-hydrogen) atoms. The first-order chi connectivity index (χ1) is 15.5. The third kappa shape index (κ3) is 3.82. The molecule has 0 N–H and O–H groups in total. The van der Waals surface area contributed by atoms with Crippen LogP contribution >= 0.6 is 11.6 Å². The van der Waals surface area contributed by atoms with Crippen LogP contribution in [0.3, 0.4) is 0 Å². The third-order valence-electron chi connectivity index (χ3n) is 6.71. The van der Waals surface area contributed by atoms with Crippen molar-refractivity contribution in [1.29, 1.82) is 0 Å². The quantitative estimate of drug-likeness (QED) is 0.316. The van der Waals surface area contributed by atoms with Crippen molar-refractivity contribution in [2.45, 2.75) is 25.9 Å². The summed E-state index contributed by atoms with van der Waals surface area (Å²) in [7, 11) is 0. The lowest BCUT2D eigenvalue weighted by molar-refractivity contribution is -0.146. The van der Waals surface area contributed by atoms with Crippen molar-refractivity contribution < 1.29 is 14.3 Å². The van der Waals surface area contributed by atoms with Gasteiger partial charge in [0.05, 0.1) is 17.0 Å². The Morgan fingerprint density at radius 3 is 2.66 bits per heavy atom. The summed E-state index contributed by atoms with van der Waals surface area (Å²) in [4.78, 5) is 12.6. The second-order valence-electron chi connectivity index (χ2n) is 8.84. The number of hydrogen-bond acceptors (Lipinski definition) is 3. The Balaban J connectivity index is 1.32. The van der Waals surface area contributed by atoms with E-state index in [0.29, 0.717) is 36.8 Å². The van der Waals surface area contributed by atoms with Gasteiger partial charge in [-0.25, -0.2) is 0 Å². The minimum Gasteiger partial charge on any atom is -0.487 e. The fourth-order valence-electron chi connectivity index (χ4n) is 5.10. The smallest absolute Gasteiger partial charge is 0.313 e. The Kier molecular flexibility index (Phi) is 5.52. The van der Waals surface area contributed by atoms with E-state index in [-0.39, 0.29) is 11.9 Å². The van der Waals surface area contributed by atoms with Crippen molar-refractivity contribution in [2.24, 2.45) is 11.3 Å². The van der Waals surface area contributed by atoms with E-state index in [1.54, 1.807) is 0 Å². The van der Waals surface area contributed by atoms with E-state index in [4.69, 9.17) is 21.1 Å². The molecule has 0 radical (unpaired) electrons. The first-order valence-electron chi connectivity index (χ1n) is 10.9. The van der Waals surface area contributed by atoms with Crippen molar-refractivity contribution >= 4 is 17.6 Å². The molecule has 0 spiro atoms. The lowest BCUT2D eigenvalue weighted by Crippen LogP contribution is -2.31. The topological polar surface area (TPSA) is 35.5 Å². The van der Waals surface area contributed by atoms with Gasteiger partial charge in [0.2, 0.25) is 0 Å². The van der Waals surface area contributed by atoms with E-state index in [0.717, 1.165) is 34.2 Å². The minimum atomic E-state index is -0.489. The highest BCUT2D eigenvalue weighted by Gasteiger charge is 2.55. The van der Waals surface area contributed by atoms with Crippen LogP contribution in [0.2, 0.25) is 5.02 Å². The van der Waals surface area contributed by atoms with E-state index < -0.39 is 5.41 Å². The average molecular weight is 445 g/mol. The van der Waals surface area contributed by atoms with Gasteiger partial charge in [-0.1, -0.05) is 84.4 Å². The number of benzene rings is 3. The van der Waals surface area contributed by atoms with E-state index in [1.807, 2.05) is 48.5 Å². The first kappa shape index (κ1) is 20.8. The Morgan fingerprint density at radius 1 is 1.06 bits per heavy atom. The molecule has 1 aliphatic carbocycles. The molecule has 162 valence electrons. The molecule has 1 saturated heterocycles. The first-order valence-corrected chi connectivity index (χ1v) is 11.3. The predicted molar refractivity (Wildman–Crippen MR) is 127 cm³/mol. The molecule has 1 aliphatic heterocycles. The van der Waals surface area contributed by atoms with Gasteiger partial charge in [-0.05, 0) is 53.6 Å². The molecule has 3 aromatic rings. The number of carbonyl (C=O) groups excluding carboxylic acids is 1. The molecular formula is C28H25ClO3. The molecule has 0 amide bonds. The van der Waals surface area contributed by atoms with Crippen LogP contribution in [0.5, 0.6) is 5.75 Å². The van der Waals surface area contributed by atoms with Crippen LogP contribution in [-0.2, 0) is 22.6 Å². The van der Waals surface area contributed by atoms with E-state index in [2.05, 4.69) is 30.8 Å². The largest absolute Gasteiger partial charge is 0.487 e. The average Bonchev–Trinajstić information content (AvgIpc) is 3.27. The number of halogens is 1. The zero-order chi connectivity index (χ0) is 22.1. The standard InChI is InChI=1S/C28H25ClO3/c1-19-13-23-18-32-27(30)28(23,15-19)16-20-11-12-26(25(29)14-20)31-17-22-9-5-6-10-24(22)21-7-3-2-4-8-21/h2-12,14,23H,1,13,15-18H2. The molecule has 0 bridgehead atoms. The molecule has 2 aliphatic rings. The molecular weight excluding hydrogens is 420 g/mol. The number of cyclic esters (lactones) is 1. The van der Waals surface area contributed by atoms with Gasteiger partial charge in [-0.15, -0.1) is 0 Å². The van der Waals surface area contributed by atoms with Gasteiger partial charge >= 0.3 is 5.97 Å². The number of carbonyl (C=O) groups is 1. The Morgan fingerprint density at radius 2 is 1.84 bits per heavy atom. The molecule has 3 nitrogen and oxygen atoms in total. The number of hydrogen-bond donors (Lipinski definition) is 0. The fourth-order valence-corrected chi connectivity index (χ4v) is 5.36. The number of allylic oxidation sites excluding steroid dienone is 1. The molecule has 2 fully saturated rings. The summed E-state index contributed by atoms with van der Waals surface area (Å²) in [6.45, 7) is 5.03. The summed E-state index contributed by atoms with van der Waals surface area (Å²) in [6, 6.07) is 24.3. The Labute approximate surface area is 193 Å². The van der Waals surface area contributed by atoms with Crippen LogP contribution in [-0.4, -0.2) is 12.6 Å². The van der Waals surface area contributed by atoms with Crippen molar-refractivity contribution in [2.75, 3.05) is 6.61 Å². The molecule has 3 aromatic carbocycles. The van der Waals surface area contributed by atoms with Crippen LogP contribution in [0.1, 0.15) is 24.0 Å². The van der Waals surface area contributed by atoms with Gasteiger partial charge in [0, 0.05) is 5.92 Å². The van der Waals surface area contributed by atoms with Crippen LogP contribution in [0, 0.1) is 11.3 Å². The highest BCUT2D eigenvalue weighted by molar-refractivity contribution is 6.32.